The van der Waals surface area contributed by atoms with Crippen LogP contribution >= 0.6 is 0 Å². The number of hydrogen-bond donors (Lipinski definition) is 1. The van der Waals surface area contributed by atoms with Gasteiger partial charge in [-0.3, -0.25) is 4.79 Å². The van der Waals surface area contributed by atoms with Gasteiger partial charge in [-0.05, 0) is 73.2 Å². The molecule has 5 rings (SSSR count). The summed E-state index contributed by atoms with van der Waals surface area (Å²) in [5.41, 5.74) is 2.15. The molecule has 5 nitrogen and oxygen atoms in total. The molecule has 0 bridgehead atoms. The second-order valence-corrected chi connectivity index (χ2v) is 8.30. The maximum atomic E-state index is 14.7. The number of carboxylic acids is 1. The molecular weight excluding hydrogens is 428 g/mol. The molecular formula is C26H19F2NO4. The average molecular weight is 447 g/mol. The summed E-state index contributed by atoms with van der Waals surface area (Å²) in [7, 11) is 0. The van der Waals surface area contributed by atoms with Crippen molar-refractivity contribution in [3.8, 4) is 23.3 Å². The SMILES string of the molecule is N#Cc1ccc(Oc2ccc(F)c3c2CCC3Oc2ccc(C3CC3C(=O)O)cc2)c(F)c1. The zero-order valence-corrected chi connectivity index (χ0v) is 17.4. The first-order chi connectivity index (χ1) is 15.9. The van der Waals surface area contributed by atoms with Crippen molar-refractivity contribution >= 4 is 5.97 Å². The van der Waals surface area contributed by atoms with Crippen LogP contribution in [0.15, 0.2) is 54.6 Å². The first-order valence-corrected chi connectivity index (χ1v) is 10.6. The smallest absolute Gasteiger partial charge is 0.307 e. The standard InChI is InChI=1S/C26H19F2NO4/c27-20-7-10-22(33-23-8-1-14(13-29)11-21(23)28)17-6-9-24(25(17)20)32-16-4-2-15(3-5-16)18-12-19(18)26(30)31/h1-5,7-8,10-11,18-19,24H,6,9,12H2,(H,30,31). The van der Waals surface area contributed by atoms with Gasteiger partial charge in [0.15, 0.2) is 11.6 Å². The normalized spacial score (nSPS) is 20.6. The second kappa shape index (κ2) is 8.21. The van der Waals surface area contributed by atoms with Gasteiger partial charge in [0.05, 0.1) is 17.6 Å². The van der Waals surface area contributed by atoms with Crippen LogP contribution in [0, 0.1) is 28.9 Å². The lowest BCUT2D eigenvalue weighted by Crippen LogP contribution is -2.06. The van der Waals surface area contributed by atoms with E-state index in [2.05, 4.69) is 0 Å². The van der Waals surface area contributed by atoms with Crippen LogP contribution in [0.3, 0.4) is 0 Å². The predicted octanol–water partition coefficient (Wildman–Crippen LogP) is 5.88. The monoisotopic (exact) mass is 447 g/mol. The Balaban J connectivity index is 1.34. The molecule has 2 aliphatic carbocycles. The minimum absolute atomic E-state index is 0.0310. The van der Waals surface area contributed by atoms with Crippen LogP contribution in [0.25, 0.3) is 0 Å². The van der Waals surface area contributed by atoms with Gasteiger partial charge in [0.2, 0.25) is 0 Å². The van der Waals surface area contributed by atoms with Crippen molar-refractivity contribution in [2.45, 2.75) is 31.3 Å². The molecule has 1 N–H and O–H groups in total. The maximum Gasteiger partial charge on any atom is 0.307 e. The van der Waals surface area contributed by atoms with Gasteiger partial charge in [0.1, 0.15) is 23.4 Å². The zero-order valence-electron chi connectivity index (χ0n) is 17.4. The summed E-state index contributed by atoms with van der Waals surface area (Å²) < 4.78 is 40.8. The summed E-state index contributed by atoms with van der Waals surface area (Å²) in [6.07, 6.45) is 1.16. The Bertz CT molecular complexity index is 1280. The van der Waals surface area contributed by atoms with Gasteiger partial charge in [0, 0.05) is 11.1 Å². The Morgan fingerprint density at radius 3 is 2.45 bits per heavy atom. The lowest BCUT2D eigenvalue weighted by atomic mass is 10.1. The number of benzene rings is 3. The molecule has 1 fully saturated rings. The highest BCUT2D eigenvalue weighted by Gasteiger charge is 2.44. The third-order valence-electron chi connectivity index (χ3n) is 6.21. The average Bonchev–Trinajstić information content (AvgIpc) is 3.51. The van der Waals surface area contributed by atoms with Gasteiger partial charge in [-0.15, -0.1) is 0 Å². The Morgan fingerprint density at radius 1 is 1.03 bits per heavy atom. The number of nitriles is 1. The van der Waals surface area contributed by atoms with Crippen molar-refractivity contribution in [2.75, 3.05) is 0 Å². The minimum atomic E-state index is -0.780. The van der Waals surface area contributed by atoms with Crippen molar-refractivity contribution in [3.63, 3.8) is 0 Å². The fourth-order valence-corrected chi connectivity index (χ4v) is 4.42. The number of carboxylic acid groups (broad SMARTS) is 1. The molecule has 0 amide bonds. The second-order valence-electron chi connectivity index (χ2n) is 8.30. The van der Waals surface area contributed by atoms with Crippen molar-refractivity contribution in [3.05, 3.63) is 88.5 Å². The summed E-state index contributed by atoms with van der Waals surface area (Å²) >= 11 is 0. The van der Waals surface area contributed by atoms with E-state index in [0.29, 0.717) is 41.9 Å². The molecule has 3 unspecified atom stereocenters. The van der Waals surface area contributed by atoms with Gasteiger partial charge >= 0.3 is 5.97 Å². The molecule has 0 radical (unpaired) electrons. The molecule has 166 valence electrons. The van der Waals surface area contributed by atoms with Crippen molar-refractivity contribution in [1.29, 1.82) is 5.26 Å². The van der Waals surface area contributed by atoms with Crippen LogP contribution in [0.2, 0.25) is 0 Å². The molecule has 3 aromatic rings. The first-order valence-electron chi connectivity index (χ1n) is 10.6. The van der Waals surface area contributed by atoms with Crippen LogP contribution in [0.5, 0.6) is 17.2 Å². The lowest BCUT2D eigenvalue weighted by Gasteiger charge is -2.17. The van der Waals surface area contributed by atoms with Crippen LogP contribution in [0.4, 0.5) is 8.78 Å². The van der Waals surface area contributed by atoms with Gasteiger partial charge in [-0.25, -0.2) is 8.78 Å². The maximum absolute atomic E-state index is 14.7. The molecule has 1 saturated carbocycles. The molecule has 33 heavy (non-hydrogen) atoms. The molecule has 0 heterocycles. The summed E-state index contributed by atoms with van der Waals surface area (Å²) in [5, 5.41) is 18.0. The van der Waals surface area contributed by atoms with E-state index >= 15 is 0 Å². The largest absolute Gasteiger partial charge is 0.486 e. The summed E-state index contributed by atoms with van der Waals surface area (Å²) in [6, 6.07) is 15.8. The van der Waals surface area contributed by atoms with Gasteiger partial charge < -0.3 is 14.6 Å². The van der Waals surface area contributed by atoms with Gasteiger partial charge in [-0.2, -0.15) is 5.26 Å². The van der Waals surface area contributed by atoms with E-state index in [0.717, 1.165) is 11.6 Å². The highest BCUT2D eigenvalue weighted by atomic mass is 19.1. The topological polar surface area (TPSA) is 79.5 Å². The Hall–Kier alpha value is -3.92. The number of nitrogens with zero attached hydrogens (tertiary/aromatic N) is 1. The zero-order chi connectivity index (χ0) is 23.1. The molecule has 3 aromatic carbocycles. The molecule has 0 aromatic heterocycles. The minimum Gasteiger partial charge on any atom is -0.486 e. The molecule has 2 aliphatic rings. The highest BCUT2D eigenvalue weighted by molar-refractivity contribution is 5.75. The molecule has 3 atom stereocenters. The fraction of sp³-hybridized carbons (Fsp3) is 0.231. The number of halogens is 2. The first kappa shape index (κ1) is 21.0. The summed E-state index contributed by atoms with van der Waals surface area (Å²) in [4.78, 5) is 11.1. The number of rotatable bonds is 6. The van der Waals surface area contributed by atoms with E-state index < -0.39 is 23.7 Å². The van der Waals surface area contributed by atoms with Gasteiger partial charge in [-0.1, -0.05) is 12.1 Å². The van der Waals surface area contributed by atoms with Crippen molar-refractivity contribution < 1.29 is 28.2 Å². The molecule has 0 spiro atoms. The Morgan fingerprint density at radius 2 is 1.79 bits per heavy atom. The fourth-order valence-electron chi connectivity index (χ4n) is 4.42. The Labute approximate surface area is 188 Å². The van der Waals surface area contributed by atoms with Crippen LogP contribution in [0.1, 0.15) is 47.1 Å². The Kier molecular flexibility index (Phi) is 5.21. The third-order valence-corrected chi connectivity index (χ3v) is 6.21. The highest BCUT2D eigenvalue weighted by Crippen LogP contribution is 2.48. The number of fused-ring (bicyclic) bond motifs is 1. The van der Waals surface area contributed by atoms with Crippen LogP contribution in [-0.4, -0.2) is 11.1 Å². The number of ether oxygens (including phenoxy) is 2. The number of carbonyl (C=O) groups is 1. The molecule has 0 aliphatic heterocycles. The van der Waals surface area contributed by atoms with E-state index in [9.17, 15) is 13.6 Å². The van der Waals surface area contributed by atoms with E-state index in [4.69, 9.17) is 19.8 Å². The van der Waals surface area contributed by atoms with E-state index in [1.165, 1.54) is 24.3 Å². The van der Waals surface area contributed by atoms with E-state index in [-0.39, 0.29) is 23.1 Å². The number of aliphatic carboxylic acids is 1. The van der Waals surface area contributed by atoms with E-state index in [1.54, 1.807) is 12.1 Å². The van der Waals surface area contributed by atoms with E-state index in [1.807, 2.05) is 18.2 Å². The number of hydrogen-bond acceptors (Lipinski definition) is 4. The van der Waals surface area contributed by atoms with Crippen LogP contribution < -0.4 is 9.47 Å². The molecule has 0 saturated heterocycles. The van der Waals surface area contributed by atoms with Gasteiger partial charge in [0.25, 0.3) is 0 Å². The summed E-state index contributed by atoms with van der Waals surface area (Å²) in [5.74, 6) is -1.29. The predicted molar refractivity (Wildman–Crippen MR) is 114 cm³/mol. The molecule has 7 heteroatoms. The van der Waals surface area contributed by atoms with Crippen LogP contribution in [-0.2, 0) is 11.2 Å². The quantitative estimate of drug-likeness (QED) is 0.510. The van der Waals surface area contributed by atoms with Crippen molar-refractivity contribution in [2.24, 2.45) is 5.92 Å². The third kappa shape index (κ3) is 4.00. The summed E-state index contributed by atoms with van der Waals surface area (Å²) in [6.45, 7) is 0. The lowest BCUT2D eigenvalue weighted by molar-refractivity contribution is -0.138. The van der Waals surface area contributed by atoms with Crippen molar-refractivity contribution in [1.82, 2.24) is 0 Å².